The average Bonchev–Trinajstić information content (AvgIpc) is 3.21. The molecule has 0 bridgehead atoms. The Labute approximate surface area is 298 Å². The van der Waals surface area contributed by atoms with Gasteiger partial charge in [0, 0.05) is 46.1 Å². The standard InChI is InChI=1S/C46H32N2S2/c1-5-17-33(18-6-1)40-32-41(34-19-7-2-8-20-34)48-46(47-40)36-22-15-21-35(31-36)39-27-16-30-44-45(39)49-42-28-13-14-29-43(42)50(44,37-23-9-3-10-24-37)38-25-11-4-12-26-38/h1-32H. The molecule has 1 aromatic heterocycles. The summed E-state index contributed by atoms with van der Waals surface area (Å²) in [4.78, 5) is 18.3. The summed E-state index contributed by atoms with van der Waals surface area (Å²) in [6, 6.07) is 69.6. The van der Waals surface area contributed by atoms with Gasteiger partial charge in [-0.25, -0.2) is 9.97 Å². The Morgan fingerprint density at radius 1 is 0.380 bits per heavy atom. The van der Waals surface area contributed by atoms with Gasteiger partial charge in [0.15, 0.2) is 5.82 Å². The lowest BCUT2D eigenvalue weighted by atomic mass is 10.0. The normalized spacial score (nSPS) is 13.5. The van der Waals surface area contributed by atoms with Gasteiger partial charge in [0.1, 0.15) is 0 Å². The summed E-state index contributed by atoms with van der Waals surface area (Å²) in [5.41, 5.74) is 7.30. The van der Waals surface area contributed by atoms with E-state index >= 15 is 0 Å². The molecule has 238 valence electrons. The third-order valence-electron chi connectivity index (χ3n) is 9.19. The highest BCUT2D eigenvalue weighted by atomic mass is 32.3. The van der Waals surface area contributed by atoms with Crippen LogP contribution in [0, 0.1) is 0 Å². The molecule has 7 aromatic carbocycles. The van der Waals surface area contributed by atoms with Gasteiger partial charge >= 0.3 is 0 Å². The van der Waals surface area contributed by atoms with E-state index in [1.807, 2.05) is 23.9 Å². The monoisotopic (exact) mass is 676 g/mol. The first-order valence-corrected chi connectivity index (χ1v) is 19.2. The van der Waals surface area contributed by atoms with Crippen molar-refractivity contribution >= 4 is 21.8 Å². The van der Waals surface area contributed by atoms with E-state index in [2.05, 4.69) is 182 Å². The zero-order valence-electron chi connectivity index (χ0n) is 27.2. The molecule has 0 atom stereocenters. The Morgan fingerprint density at radius 3 is 1.48 bits per heavy atom. The van der Waals surface area contributed by atoms with Gasteiger partial charge in [0.05, 0.1) is 11.4 Å². The van der Waals surface area contributed by atoms with Crippen molar-refractivity contribution in [3.8, 4) is 45.0 Å². The van der Waals surface area contributed by atoms with Crippen LogP contribution in [0.15, 0.2) is 223 Å². The first-order chi connectivity index (χ1) is 24.8. The molecule has 0 saturated heterocycles. The van der Waals surface area contributed by atoms with Gasteiger partial charge < -0.3 is 0 Å². The number of benzene rings is 7. The Hall–Kier alpha value is -5.68. The third kappa shape index (κ3) is 5.25. The van der Waals surface area contributed by atoms with Crippen LogP contribution in [0.4, 0.5) is 0 Å². The van der Waals surface area contributed by atoms with Crippen LogP contribution in [0.5, 0.6) is 0 Å². The molecule has 0 aliphatic carbocycles. The minimum absolute atomic E-state index is 0.711. The SMILES string of the molecule is c1ccc(-c2cc(-c3ccccc3)nc(-c3cccc(-c4cccc5c4Sc4ccccc4S5(c4ccccc4)c4ccccc4)c3)n2)cc1. The fraction of sp³-hybridized carbons (Fsp3) is 0. The van der Waals surface area contributed by atoms with Gasteiger partial charge in [0.25, 0.3) is 0 Å². The maximum atomic E-state index is 5.14. The average molecular weight is 677 g/mol. The molecule has 1 aliphatic rings. The van der Waals surface area contributed by atoms with E-state index in [1.54, 1.807) is 0 Å². The Bertz CT molecular complexity index is 2350. The molecule has 0 spiro atoms. The van der Waals surface area contributed by atoms with Crippen molar-refractivity contribution in [2.75, 3.05) is 0 Å². The summed E-state index contributed by atoms with van der Waals surface area (Å²) in [7, 11) is -1.78. The molecule has 9 rings (SSSR count). The fourth-order valence-electron chi connectivity index (χ4n) is 6.91. The van der Waals surface area contributed by atoms with Crippen LogP contribution in [-0.2, 0) is 0 Å². The van der Waals surface area contributed by atoms with Gasteiger partial charge in [0.2, 0.25) is 0 Å². The van der Waals surface area contributed by atoms with Crippen LogP contribution in [0.2, 0.25) is 0 Å². The Balaban J connectivity index is 1.25. The maximum Gasteiger partial charge on any atom is 0.160 e. The lowest BCUT2D eigenvalue weighted by molar-refractivity contribution is 1.09. The summed E-state index contributed by atoms with van der Waals surface area (Å²) in [6.07, 6.45) is 0. The topological polar surface area (TPSA) is 25.8 Å². The van der Waals surface area contributed by atoms with Gasteiger partial charge in [-0.2, -0.15) is 0 Å². The van der Waals surface area contributed by atoms with Crippen LogP contribution < -0.4 is 0 Å². The predicted octanol–water partition coefficient (Wildman–Crippen LogP) is 12.9. The Kier molecular flexibility index (Phi) is 7.89. The highest BCUT2D eigenvalue weighted by Crippen LogP contribution is 2.79. The summed E-state index contributed by atoms with van der Waals surface area (Å²) in [6.45, 7) is 0. The van der Waals surface area contributed by atoms with Gasteiger partial charge in [-0.3, -0.25) is 0 Å². The number of rotatable bonds is 6. The molecule has 50 heavy (non-hydrogen) atoms. The smallest absolute Gasteiger partial charge is 0.160 e. The molecule has 8 aromatic rings. The van der Waals surface area contributed by atoms with Gasteiger partial charge in [-0.15, -0.1) is 10.0 Å². The first-order valence-electron chi connectivity index (χ1n) is 16.7. The molecule has 0 radical (unpaired) electrons. The molecule has 0 unspecified atom stereocenters. The Morgan fingerprint density at radius 2 is 0.860 bits per heavy atom. The van der Waals surface area contributed by atoms with E-state index in [-0.39, 0.29) is 0 Å². The van der Waals surface area contributed by atoms with Crippen molar-refractivity contribution < 1.29 is 0 Å². The van der Waals surface area contributed by atoms with E-state index < -0.39 is 10.0 Å². The van der Waals surface area contributed by atoms with Crippen molar-refractivity contribution in [3.05, 3.63) is 194 Å². The second kappa shape index (κ2) is 13.0. The van der Waals surface area contributed by atoms with Crippen LogP contribution >= 0.6 is 21.8 Å². The summed E-state index contributed by atoms with van der Waals surface area (Å²) < 4.78 is 0. The van der Waals surface area contributed by atoms with Crippen LogP contribution in [0.1, 0.15) is 0 Å². The molecule has 0 amide bonds. The maximum absolute atomic E-state index is 5.14. The van der Waals surface area contributed by atoms with E-state index in [1.165, 1.54) is 34.9 Å². The minimum atomic E-state index is -1.78. The number of nitrogens with zero attached hydrogens (tertiary/aromatic N) is 2. The van der Waals surface area contributed by atoms with E-state index in [9.17, 15) is 0 Å². The predicted molar refractivity (Wildman–Crippen MR) is 208 cm³/mol. The highest BCUT2D eigenvalue weighted by Gasteiger charge is 2.40. The second-order valence-corrected chi connectivity index (χ2v) is 16.3. The van der Waals surface area contributed by atoms with Crippen molar-refractivity contribution in [3.63, 3.8) is 0 Å². The lowest BCUT2D eigenvalue weighted by Crippen LogP contribution is -2.11. The zero-order valence-corrected chi connectivity index (χ0v) is 28.8. The van der Waals surface area contributed by atoms with Gasteiger partial charge in [-0.1, -0.05) is 151 Å². The third-order valence-corrected chi connectivity index (χ3v) is 14.6. The van der Waals surface area contributed by atoms with Crippen LogP contribution in [-0.4, -0.2) is 9.97 Å². The quantitative estimate of drug-likeness (QED) is 0.175. The molecular formula is C46H32N2S2. The molecular weight excluding hydrogens is 645 g/mol. The first kappa shape index (κ1) is 30.4. The minimum Gasteiger partial charge on any atom is -0.228 e. The highest BCUT2D eigenvalue weighted by molar-refractivity contribution is 8.34. The number of hydrogen-bond acceptors (Lipinski definition) is 3. The number of aromatic nitrogens is 2. The molecule has 2 nitrogen and oxygen atoms in total. The second-order valence-electron chi connectivity index (χ2n) is 12.2. The summed E-state index contributed by atoms with van der Waals surface area (Å²) in [5.74, 6) is 0.711. The van der Waals surface area contributed by atoms with Crippen molar-refractivity contribution in [2.45, 2.75) is 29.4 Å². The molecule has 0 N–H and O–H groups in total. The van der Waals surface area contributed by atoms with Crippen molar-refractivity contribution in [1.82, 2.24) is 9.97 Å². The van der Waals surface area contributed by atoms with Gasteiger partial charge in [-0.05, 0) is 65.7 Å². The lowest BCUT2D eigenvalue weighted by Gasteiger charge is -2.46. The molecule has 4 heteroatoms. The largest absolute Gasteiger partial charge is 0.228 e. The van der Waals surface area contributed by atoms with E-state index in [0.717, 1.165) is 33.6 Å². The van der Waals surface area contributed by atoms with Crippen LogP contribution in [0.3, 0.4) is 0 Å². The fourth-order valence-corrected chi connectivity index (χ4v) is 12.9. The number of fused-ring (bicyclic) bond motifs is 2. The van der Waals surface area contributed by atoms with Crippen molar-refractivity contribution in [1.29, 1.82) is 0 Å². The number of hydrogen-bond donors (Lipinski definition) is 0. The van der Waals surface area contributed by atoms with Crippen LogP contribution in [0.25, 0.3) is 45.0 Å². The van der Waals surface area contributed by atoms with Crippen molar-refractivity contribution in [2.24, 2.45) is 0 Å². The molecule has 2 heterocycles. The summed E-state index contributed by atoms with van der Waals surface area (Å²) >= 11 is 1.89. The summed E-state index contributed by atoms with van der Waals surface area (Å²) in [5, 5.41) is 0. The molecule has 0 saturated carbocycles. The molecule has 1 aliphatic heterocycles. The molecule has 0 fully saturated rings. The zero-order chi connectivity index (χ0) is 33.3. The van der Waals surface area contributed by atoms with E-state index in [4.69, 9.17) is 9.97 Å². The van der Waals surface area contributed by atoms with E-state index in [0.29, 0.717) is 5.82 Å².